The lowest BCUT2D eigenvalue weighted by molar-refractivity contribution is 0.0597. The standard InChI is InChI=1S/C11H16O3Si/c1-14-11(13)8-6-5-7-9(10(8)12)15(2,3)4/h5-7,12H,1-4H3. The highest BCUT2D eigenvalue weighted by Gasteiger charge is 2.24. The molecule has 0 radical (unpaired) electrons. The first-order valence-electron chi connectivity index (χ1n) is 4.78. The number of benzene rings is 1. The van der Waals surface area contributed by atoms with Crippen LogP contribution in [0.1, 0.15) is 10.4 Å². The van der Waals surface area contributed by atoms with Gasteiger partial charge in [-0.05, 0) is 11.3 Å². The average Bonchev–Trinajstić information content (AvgIpc) is 2.15. The summed E-state index contributed by atoms with van der Waals surface area (Å²) in [4.78, 5) is 11.3. The fourth-order valence-corrected chi connectivity index (χ4v) is 2.86. The quantitative estimate of drug-likeness (QED) is 0.614. The summed E-state index contributed by atoms with van der Waals surface area (Å²) in [6, 6.07) is 5.22. The second-order valence-corrected chi connectivity index (χ2v) is 9.48. The van der Waals surface area contributed by atoms with Crippen LogP contribution < -0.4 is 5.19 Å². The Balaban J connectivity index is 3.30. The number of para-hydroxylation sites is 1. The minimum atomic E-state index is -1.63. The fraction of sp³-hybridized carbons (Fsp3) is 0.364. The van der Waals surface area contributed by atoms with Crippen LogP contribution in [-0.2, 0) is 4.74 Å². The molecule has 0 atom stereocenters. The van der Waals surface area contributed by atoms with Gasteiger partial charge in [-0.25, -0.2) is 4.79 Å². The van der Waals surface area contributed by atoms with Gasteiger partial charge in [0.25, 0.3) is 0 Å². The predicted molar refractivity (Wildman–Crippen MR) is 62.4 cm³/mol. The Hall–Kier alpha value is -1.29. The number of aromatic hydroxyl groups is 1. The number of esters is 1. The minimum Gasteiger partial charge on any atom is -0.507 e. The third-order valence-corrected chi connectivity index (χ3v) is 4.27. The van der Waals surface area contributed by atoms with Crippen LogP contribution >= 0.6 is 0 Å². The van der Waals surface area contributed by atoms with E-state index in [0.717, 1.165) is 5.19 Å². The lowest BCUT2D eigenvalue weighted by Crippen LogP contribution is -2.38. The molecule has 0 spiro atoms. The molecule has 0 unspecified atom stereocenters. The van der Waals surface area contributed by atoms with Gasteiger partial charge in [0.15, 0.2) is 0 Å². The molecule has 1 rings (SSSR count). The normalized spacial score (nSPS) is 11.2. The summed E-state index contributed by atoms with van der Waals surface area (Å²) in [5, 5.41) is 10.8. The third-order valence-electron chi connectivity index (χ3n) is 2.25. The van der Waals surface area contributed by atoms with E-state index in [-0.39, 0.29) is 11.3 Å². The molecule has 1 aromatic carbocycles. The molecule has 0 aliphatic heterocycles. The highest BCUT2D eigenvalue weighted by Crippen LogP contribution is 2.19. The number of hydrogen-bond acceptors (Lipinski definition) is 3. The zero-order valence-electron chi connectivity index (χ0n) is 9.50. The molecule has 15 heavy (non-hydrogen) atoms. The fourth-order valence-electron chi connectivity index (χ4n) is 1.42. The van der Waals surface area contributed by atoms with Gasteiger partial charge in [-0.15, -0.1) is 0 Å². The largest absolute Gasteiger partial charge is 0.507 e. The van der Waals surface area contributed by atoms with Crippen LogP contribution in [0.3, 0.4) is 0 Å². The van der Waals surface area contributed by atoms with E-state index >= 15 is 0 Å². The summed E-state index contributed by atoms with van der Waals surface area (Å²) in [5.74, 6) is -0.420. The molecule has 82 valence electrons. The summed E-state index contributed by atoms with van der Waals surface area (Å²) in [5.41, 5.74) is 0.248. The number of carbonyl (C=O) groups is 1. The van der Waals surface area contributed by atoms with Crippen LogP contribution in [0.5, 0.6) is 5.75 Å². The van der Waals surface area contributed by atoms with Gasteiger partial charge < -0.3 is 9.84 Å². The Kier molecular flexibility index (Phi) is 3.19. The van der Waals surface area contributed by atoms with Crippen molar-refractivity contribution < 1.29 is 14.6 Å². The second-order valence-electron chi connectivity index (χ2n) is 4.44. The molecule has 0 heterocycles. The molecule has 3 nitrogen and oxygen atoms in total. The topological polar surface area (TPSA) is 46.5 Å². The highest BCUT2D eigenvalue weighted by atomic mass is 28.3. The van der Waals surface area contributed by atoms with E-state index in [1.807, 2.05) is 6.07 Å². The molecule has 4 heteroatoms. The Bertz CT molecular complexity index is 380. The summed E-state index contributed by atoms with van der Waals surface area (Å²) in [6.45, 7) is 6.34. The number of ether oxygens (including phenoxy) is 1. The number of methoxy groups -OCH3 is 1. The van der Waals surface area contributed by atoms with Crippen molar-refractivity contribution in [2.75, 3.05) is 7.11 Å². The summed E-state index contributed by atoms with van der Waals surface area (Å²) in [6.07, 6.45) is 0. The zero-order valence-corrected chi connectivity index (χ0v) is 10.5. The van der Waals surface area contributed by atoms with Crippen LogP contribution in [0.2, 0.25) is 19.6 Å². The Morgan fingerprint density at radius 2 is 1.93 bits per heavy atom. The molecule has 0 aliphatic carbocycles. The Morgan fingerprint density at radius 1 is 1.33 bits per heavy atom. The number of carbonyl (C=O) groups excluding carboxylic acids is 1. The van der Waals surface area contributed by atoms with Crippen molar-refractivity contribution in [1.82, 2.24) is 0 Å². The Morgan fingerprint density at radius 3 is 2.40 bits per heavy atom. The van der Waals surface area contributed by atoms with Crippen molar-refractivity contribution in [3.8, 4) is 5.75 Å². The number of hydrogen-bond donors (Lipinski definition) is 1. The maximum Gasteiger partial charge on any atom is 0.341 e. The van der Waals surface area contributed by atoms with Crippen molar-refractivity contribution in [1.29, 1.82) is 0 Å². The predicted octanol–water partition coefficient (Wildman–Crippen LogP) is 1.72. The molecule has 0 fully saturated rings. The molecule has 0 amide bonds. The van der Waals surface area contributed by atoms with Gasteiger partial charge in [0, 0.05) is 0 Å². The van der Waals surface area contributed by atoms with Gasteiger partial charge in [0.05, 0.1) is 15.2 Å². The van der Waals surface area contributed by atoms with Crippen LogP contribution in [0.25, 0.3) is 0 Å². The number of rotatable bonds is 2. The van der Waals surface area contributed by atoms with Crippen molar-refractivity contribution in [3.63, 3.8) is 0 Å². The summed E-state index contributed by atoms with van der Waals surface area (Å²) >= 11 is 0. The molecule has 1 aromatic rings. The van der Waals surface area contributed by atoms with Crippen LogP contribution in [0, 0.1) is 0 Å². The van der Waals surface area contributed by atoms with Crippen molar-refractivity contribution in [2.45, 2.75) is 19.6 Å². The molecule has 0 bridgehead atoms. The molecular formula is C11H16O3Si. The van der Waals surface area contributed by atoms with E-state index in [0.29, 0.717) is 0 Å². The first kappa shape index (κ1) is 11.8. The second kappa shape index (κ2) is 4.06. The van der Waals surface area contributed by atoms with E-state index in [4.69, 9.17) is 0 Å². The SMILES string of the molecule is COC(=O)c1cccc([Si](C)(C)C)c1O. The first-order valence-corrected chi connectivity index (χ1v) is 8.28. The smallest absolute Gasteiger partial charge is 0.341 e. The highest BCUT2D eigenvalue weighted by molar-refractivity contribution is 6.89. The minimum absolute atomic E-state index is 0.0727. The van der Waals surface area contributed by atoms with Gasteiger partial charge in [-0.2, -0.15) is 0 Å². The number of phenolic OH excluding ortho intramolecular Hbond substituents is 1. The van der Waals surface area contributed by atoms with Crippen molar-refractivity contribution in [2.24, 2.45) is 0 Å². The number of phenols is 1. The Labute approximate surface area is 90.7 Å². The average molecular weight is 224 g/mol. The lowest BCUT2D eigenvalue weighted by atomic mass is 10.2. The van der Waals surface area contributed by atoms with E-state index in [9.17, 15) is 9.90 Å². The monoisotopic (exact) mass is 224 g/mol. The van der Waals surface area contributed by atoms with E-state index in [1.54, 1.807) is 12.1 Å². The van der Waals surface area contributed by atoms with E-state index < -0.39 is 14.0 Å². The summed E-state index contributed by atoms with van der Waals surface area (Å²) in [7, 11) is -0.317. The van der Waals surface area contributed by atoms with Crippen LogP contribution in [0.4, 0.5) is 0 Å². The van der Waals surface area contributed by atoms with E-state index in [1.165, 1.54) is 7.11 Å². The van der Waals surface area contributed by atoms with Crippen molar-refractivity contribution in [3.05, 3.63) is 23.8 Å². The van der Waals surface area contributed by atoms with Gasteiger partial charge in [0.1, 0.15) is 11.3 Å². The molecule has 0 aromatic heterocycles. The van der Waals surface area contributed by atoms with Gasteiger partial charge in [0.2, 0.25) is 0 Å². The van der Waals surface area contributed by atoms with Gasteiger partial charge >= 0.3 is 5.97 Å². The van der Waals surface area contributed by atoms with Crippen molar-refractivity contribution >= 4 is 19.2 Å². The lowest BCUT2D eigenvalue weighted by Gasteiger charge is -2.19. The van der Waals surface area contributed by atoms with Gasteiger partial charge in [-0.1, -0.05) is 31.8 Å². The molecule has 0 saturated heterocycles. The third kappa shape index (κ3) is 2.39. The molecule has 0 saturated carbocycles. The molecular weight excluding hydrogens is 208 g/mol. The maximum absolute atomic E-state index is 11.3. The maximum atomic E-state index is 11.3. The van der Waals surface area contributed by atoms with Gasteiger partial charge in [-0.3, -0.25) is 0 Å². The zero-order chi connectivity index (χ0) is 11.6. The first-order chi connectivity index (χ1) is 6.88. The summed E-state index contributed by atoms with van der Waals surface area (Å²) < 4.78 is 4.60. The van der Waals surface area contributed by atoms with Crippen LogP contribution in [0.15, 0.2) is 18.2 Å². The molecule has 0 aliphatic rings. The van der Waals surface area contributed by atoms with E-state index in [2.05, 4.69) is 24.4 Å². The van der Waals surface area contributed by atoms with Crippen LogP contribution in [-0.4, -0.2) is 26.3 Å². The molecule has 1 N–H and O–H groups in total.